The molecule has 0 heterocycles. The van der Waals surface area contributed by atoms with E-state index in [4.69, 9.17) is 0 Å². The zero-order valence-corrected chi connectivity index (χ0v) is 7.95. The fraction of sp³-hybridized carbons (Fsp3) is 1.00. The van der Waals surface area contributed by atoms with E-state index in [1.165, 1.54) is 0 Å². The molecule has 8 heavy (non-hydrogen) atoms. The van der Waals surface area contributed by atoms with Crippen LogP contribution in [0.1, 0.15) is 6.42 Å². The van der Waals surface area contributed by atoms with Crippen LogP contribution >= 0.6 is 49.6 Å². The summed E-state index contributed by atoms with van der Waals surface area (Å²) >= 11 is 13.9. The van der Waals surface area contributed by atoms with Crippen molar-refractivity contribution in [2.75, 3.05) is 11.5 Å². The van der Waals surface area contributed by atoms with Crippen molar-refractivity contribution in [1.82, 2.24) is 0 Å². The van der Waals surface area contributed by atoms with Gasteiger partial charge in [-0.3, -0.25) is 0 Å². The molecule has 0 aliphatic rings. The Morgan fingerprint density at radius 3 is 2.38 bits per heavy atom. The number of hydrogen-bond acceptors (Lipinski definition) is 4. The van der Waals surface area contributed by atoms with Crippen LogP contribution in [0.5, 0.6) is 0 Å². The molecule has 0 aromatic carbocycles. The van der Waals surface area contributed by atoms with Gasteiger partial charge in [0, 0.05) is 0 Å². The fourth-order valence-corrected chi connectivity index (χ4v) is 1.78. The van der Waals surface area contributed by atoms with Crippen LogP contribution < -0.4 is 0 Å². The van der Waals surface area contributed by atoms with Gasteiger partial charge in [0.2, 0.25) is 0 Å². The third kappa shape index (κ3) is 7.40. The highest BCUT2D eigenvalue weighted by Crippen LogP contribution is 2.18. The summed E-state index contributed by atoms with van der Waals surface area (Å²) in [7, 11) is 0. The van der Waals surface area contributed by atoms with Crippen LogP contribution in [0.15, 0.2) is 0 Å². The fourth-order valence-electron chi connectivity index (χ4n) is 0.253. The number of rotatable bonds is 4. The van der Waals surface area contributed by atoms with Crippen LogP contribution in [0.2, 0.25) is 0 Å². The molecule has 0 radical (unpaired) electrons. The summed E-state index contributed by atoms with van der Waals surface area (Å²) in [6.07, 6.45) is 1.14. The van der Waals surface area contributed by atoms with E-state index in [9.17, 15) is 0 Å². The van der Waals surface area contributed by atoms with Crippen molar-refractivity contribution in [3.63, 3.8) is 0 Å². The second kappa shape index (κ2) is 6.52. The normalized spacial score (nSPS) is 10.5. The zero-order valence-electron chi connectivity index (χ0n) is 4.45. The summed E-state index contributed by atoms with van der Waals surface area (Å²) in [4.78, 5) is 0. The number of thiol groups is 3. The topological polar surface area (TPSA) is 0 Å². The predicted molar refractivity (Wildman–Crippen MR) is 52.7 cm³/mol. The monoisotopic (exact) mass is 186 g/mol. The van der Waals surface area contributed by atoms with Crippen LogP contribution in [-0.4, -0.2) is 15.4 Å². The van der Waals surface area contributed by atoms with Gasteiger partial charge in [0.1, 0.15) is 0 Å². The van der Waals surface area contributed by atoms with Crippen molar-refractivity contribution in [1.29, 1.82) is 0 Å². The lowest BCUT2D eigenvalue weighted by molar-refractivity contribution is 1.13. The highest BCUT2D eigenvalue weighted by atomic mass is 32.2. The molecule has 0 spiro atoms. The Labute approximate surface area is 71.4 Å². The molecule has 50 valence electrons. The van der Waals surface area contributed by atoms with Crippen molar-refractivity contribution >= 4 is 49.6 Å². The minimum Gasteiger partial charge on any atom is -0.179 e. The molecule has 0 rings (SSSR count). The van der Waals surface area contributed by atoms with Crippen LogP contribution in [0.25, 0.3) is 0 Å². The average molecular weight is 186 g/mol. The number of hydrogen-bond donors (Lipinski definition) is 3. The van der Waals surface area contributed by atoms with Gasteiger partial charge in [-0.25, -0.2) is 0 Å². The Morgan fingerprint density at radius 2 is 2.00 bits per heavy atom. The standard InChI is InChI=1S/C4H10S4/c5-2-1-3-8-4(6)7/h4-7H,1-3H2. The highest BCUT2D eigenvalue weighted by Gasteiger charge is 1.92. The molecule has 0 bridgehead atoms. The summed E-state index contributed by atoms with van der Waals surface area (Å²) in [6.45, 7) is 0. The molecule has 0 amide bonds. The summed E-state index contributed by atoms with van der Waals surface area (Å²) in [5.41, 5.74) is 0. The minimum atomic E-state index is 0.176. The molecule has 0 aliphatic carbocycles. The molecule has 0 aromatic rings. The summed E-state index contributed by atoms with van der Waals surface area (Å²) in [6, 6.07) is 0. The summed E-state index contributed by atoms with van der Waals surface area (Å²) < 4.78 is 0.176. The van der Waals surface area contributed by atoms with Crippen LogP contribution in [0, 0.1) is 0 Å². The molecule has 0 aliphatic heterocycles. The molecule has 0 atom stereocenters. The van der Waals surface area contributed by atoms with Crippen molar-refractivity contribution in [3.05, 3.63) is 0 Å². The Bertz CT molecular complexity index is 45.3. The zero-order chi connectivity index (χ0) is 6.41. The Morgan fingerprint density at radius 1 is 1.38 bits per heavy atom. The van der Waals surface area contributed by atoms with Gasteiger partial charge in [-0.1, -0.05) is 0 Å². The van der Waals surface area contributed by atoms with E-state index in [1.807, 2.05) is 0 Å². The second-order valence-corrected chi connectivity index (χ2v) is 5.07. The predicted octanol–water partition coefficient (Wildman–Crippen LogP) is 2.18. The molecule has 0 aromatic heterocycles. The van der Waals surface area contributed by atoms with Gasteiger partial charge in [0.05, 0.1) is 3.91 Å². The van der Waals surface area contributed by atoms with Crippen LogP contribution in [-0.2, 0) is 0 Å². The quantitative estimate of drug-likeness (QED) is 0.344. The van der Waals surface area contributed by atoms with Gasteiger partial charge < -0.3 is 0 Å². The second-order valence-electron chi connectivity index (χ2n) is 1.27. The van der Waals surface area contributed by atoms with E-state index in [0.717, 1.165) is 17.9 Å². The van der Waals surface area contributed by atoms with Gasteiger partial charge in [-0.05, 0) is 17.9 Å². The smallest absolute Gasteiger partial charge is 0.0899 e. The Balaban J connectivity index is 2.72. The molecule has 0 unspecified atom stereocenters. The van der Waals surface area contributed by atoms with Crippen molar-refractivity contribution < 1.29 is 0 Å². The lowest BCUT2D eigenvalue weighted by atomic mass is 10.6. The van der Waals surface area contributed by atoms with E-state index in [1.54, 1.807) is 11.8 Å². The molecular formula is C4H10S4. The van der Waals surface area contributed by atoms with Gasteiger partial charge >= 0.3 is 0 Å². The average Bonchev–Trinajstić information content (AvgIpc) is 1.66. The lowest BCUT2D eigenvalue weighted by Crippen LogP contribution is -1.84. The Kier molecular flexibility index (Phi) is 7.66. The third-order valence-corrected chi connectivity index (χ3v) is 2.60. The maximum atomic E-state index is 4.07. The van der Waals surface area contributed by atoms with Gasteiger partial charge in [0.15, 0.2) is 0 Å². The van der Waals surface area contributed by atoms with E-state index < -0.39 is 0 Å². The SMILES string of the molecule is SCCCSC(S)S. The molecular weight excluding hydrogens is 176 g/mol. The van der Waals surface area contributed by atoms with E-state index >= 15 is 0 Å². The van der Waals surface area contributed by atoms with Gasteiger partial charge in [-0.2, -0.15) is 37.9 Å². The van der Waals surface area contributed by atoms with E-state index in [2.05, 4.69) is 37.9 Å². The van der Waals surface area contributed by atoms with Crippen LogP contribution in [0.4, 0.5) is 0 Å². The Hall–Kier alpha value is 1.40. The molecule has 0 N–H and O–H groups in total. The third-order valence-electron chi connectivity index (χ3n) is 0.569. The minimum absolute atomic E-state index is 0.176. The first kappa shape index (κ1) is 9.40. The summed E-state index contributed by atoms with van der Waals surface area (Å²) in [5, 5.41) is 0. The van der Waals surface area contributed by atoms with Gasteiger partial charge in [-0.15, -0.1) is 11.8 Å². The number of thioether (sulfide) groups is 1. The highest BCUT2D eigenvalue weighted by molar-refractivity contribution is 8.22. The maximum absolute atomic E-state index is 4.07. The molecule has 0 fully saturated rings. The first-order valence-corrected chi connectivity index (χ1v) is 5.07. The van der Waals surface area contributed by atoms with E-state index in [-0.39, 0.29) is 3.91 Å². The largest absolute Gasteiger partial charge is 0.179 e. The van der Waals surface area contributed by atoms with E-state index in [0.29, 0.717) is 0 Å². The van der Waals surface area contributed by atoms with Crippen molar-refractivity contribution in [2.24, 2.45) is 0 Å². The first-order chi connectivity index (χ1) is 3.77. The van der Waals surface area contributed by atoms with Crippen LogP contribution in [0.3, 0.4) is 0 Å². The molecule has 0 saturated heterocycles. The molecule has 4 heteroatoms. The summed E-state index contributed by atoms with van der Waals surface area (Å²) in [5.74, 6) is 2.07. The van der Waals surface area contributed by atoms with Gasteiger partial charge in [0.25, 0.3) is 0 Å². The molecule has 0 saturated carbocycles. The van der Waals surface area contributed by atoms with Crippen molar-refractivity contribution in [3.8, 4) is 0 Å². The lowest BCUT2D eigenvalue weighted by Gasteiger charge is -1.99. The maximum Gasteiger partial charge on any atom is 0.0899 e. The molecule has 0 nitrogen and oxygen atoms in total. The first-order valence-electron chi connectivity index (χ1n) is 2.36. The van der Waals surface area contributed by atoms with Crippen molar-refractivity contribution in [2.45, 2.75) is 10.3 Å².